The molecular weight excluding hydrogens is 384 g/mol. The highest BCUT2D eigenvalue weighted by molar-refractivity contribution is 6.30. The number of anilines is 1. The fraction of sp³-hybridized carbons (Fsp3) is 0.208. The Labute approximate surface area is 176 Å². The van der Waals surface area contributed by atoms with Crippen LogP contribution in [-0.2, 0) is 4.79 Å². The van der Waals surface area contributed by atoms with Gasteiger partial charge in [0.2, 0.25) is 0 Å². The van der Waals surface area contributed by atoms with E-state index in [0.29, 0.717) is 16.5 Å². The maximum Gasteiger partial charge on any atom is 0.287 e. The van der Waals surface area contributed by atoms with Gasteiger partial charge < -0.3 is 15.4 Å². The lowest BCUT2D eigenvalue weighted by molar-refractivity contribution is -0.718. The van der Waals surface area contributed by atoms with E-state index in [1.807, 2.05) is 79.7 Å². The molecule has 0 aliphatic carbocycles. The third-order valence-electron chi connectivity index (χ3n) is 4.91. The third kappa shape index (κ3) is 5.37. The molecule has 29 heavy (non-hydrogen) atoms. The predicted octanol–water partition coefficient (Wildman–Crippen LogP) is 4.66. The average Bonchev–Trinajstić information content (AvgIpc) is 2.72. The fourth-order valence-corrected chi connectivity index (χ4v) is 3.53. The van der Waals surface area contributed by atoms with Crippen LogP contribution in [0.4, 0.5) is 5.69 Å². The number of nitrogens with two attached hydrogens (primary N) is 1. The quantitative estimate of drug-likeness (QED) is 0.596. The number of quaternary nitrogens is 1. The Morgan fingerprint density at radius 3 is 2.41 bits per heavy atom. The third-order valence-corrected chi connectivity index (χ3v) is 5.14. The van der Waals surface area contributed by atoms with Crippen molar-refractivity contribution in [3.8, 4) is 5.75 Å². The molecule has 0 saturated carbocycles. The summed E-state index contributed by atoms with van der Waals surface area (Å²) in [7, 11) is 1.60. The average molecular weight is 410 g/mol. The molecule has 4 nitrogen and oxygen atoms in total. The van der Waals surface area contributed by atoms with Crippen LogP contribution in [0.25, 0.3) is 0 Å². The normalized spacial score (nSPS) is 12.8. The van der Waals surface area contributed by atoms with E-state index in [0.717, 1.165) is 16.7 Å². The maximum atomic E-state index is 13.3. The van der Waals surface area contributed by atoms with Gasteiger partial charge in [-0.05, 0) is 43.7 Å². The first kappa shape index (κ1) is 20.9. The van der Waals surface area contributed by atoms with E-state index < -0.39 is 6.04 Å². The SMILES string of the molecule is COc1ccc(C)cc1NC(=O)[C@@H]([NH2+][C@@H](C)c1cccc(Cl)c1)c1ccccc1. The molecule has 0 spiro atoms. The zero-order valence-electron chi connectivity index (χ0n) is 16.9. The summed E-state index contributed by atoms with van der Waals surface area (Å²) in [6.45, 7) is 4.05. The molecule has 3 aromatic rings. The number of halogens is 1. The molecule has 0 saturated heterocycles. The van der Waals surface area contributed by atoms with Crippen molar-refractivity contribution < 1.29 is 14.8 Å². The van der Waals surface area contributed by atoms with E-state index >= 15 is 0 Å². The van der Waals surface area contributed by atoms with Gasteiger partial charge in [-0.3, -0.25) is 4.79 Å². The van der Waals surface area contributed by atoms with Crippen molar-refractivity contribution in [3.05, 3.63) is 94.5 Å². The standard InChI is InChI=1S/C24H25ClN2O2/c1-16-12-13-22(29-3)21(14-16)27-24(28)23(18-8-5-4-6-9-18)26-17(2)19-10-7-11-20(25)15-19/h4-15,17,23,26H,1-3H3,(H,27,28)/p+1/t17-,23-/m0/s1. The van der Waals surface area contributed by atoms with Crippen LogP contribution in [-0.4, -0.2) is 13.0 Å². The molecule has 5 heteroatoms. The molecule has 0 fully saturated rings. The number of ether oxygens (including phenoxy) is 1. The second-order valence-corrected chi connectivity index (χ2v) is 7.55. The molecule has 0 aromatic heterocycles. The highest BCUT2D eigenvalue weighted by atomic mass is 35.5. The van der Waals surface area contributed by atoms with Crippen molar-refractivity contribution in [2.75, 3.05) is 12.4 Å². The zero-order chi connectivity index (χ0) is 20.8. The van der Waals surface area contributed by atoms with Crippen molar-refractivity contribution in [1.29, 1.82) is 0 Å². The van der Waals surface area contributed by atoms with Gasteiger partial charge in [0, 0.05) is 16.1 Å². The summed E-state index contributed by atoms with van der Waals surface area (Å²) in [6.07, 6.45) is 0. The Kier molecular flexibility index (Phi) is 6.91. The number of nitrogens with one attached hydrogen (secondary N) is 1. The van der Waals surface area contributed by atoms with Crippen molar-refractivity contribution in [3.63, 3.8) is 0 Å². The summed E-state index contributed by atoms with van der Waals surface area (Å²) >= 11 is 6.15. The van der Waals surface area contributed by atoms with Crippen LogP contribution in [0.5, 0.6) is 5.75 Å². The number of hydrogen-bond acceptors (Lipinski definition) is 2. The van der Waals surface area contributed by atoms with Crippen molar-refractivity contribution >= 4 is 23.2 Å². The first-order valence-electron chi connectivity index (χ1n) is 9.59. The van der Waals surface area contributed by atoms with Crippen LogP contribution in [0.2, 0.25) is 5.02 Å². The second kappa shape index (κ2) is 9.59. The second-order valence-electron chi connectivity index (χ2n) is 7.12. The molecule has 2 atom stereocenters. The minimum absolute atomic E-state index is 0.0454. The first-order chi connectivity index (χ1) is 14.0. The Hall–Kier alpha value is -2.82. The van der Waals surface area contributed by atoms with Gasteiger partial charge >= 0.3 is 0 Å². The molecular formula is C24H26ClN2O2+. The van der Waals surface area contributed by atoms with E-state index in [-0.39, 0.29) is 11.9 Å². The molecule has 0 aliphatic rings. The number of methoxy groups -OCH3 is 1. The van der Waals surface area contributed by atoms with Gasteiger partial charge in [-0.15, -0.1) is 0 Å². The molecule has 1 amide bonds. The van der Waals surface area contributed by atoms with Gasteiger partial charge in [0.15, 0.2) is 6.04 Å². The van der Waals surface area contributed by atoms with E-state index in [9.17, 15) is 4.79 Å². The van der Waals surface area contributed by atoms with E-state index in [1.165, 1.54) is 0 Å². The molecule has 3 aromatic carbocycles. The summed E-state index contributed by atoms with van der Waals surface area (Å²) in [6, 6.07) is 22.9. The van der Waals surface area contributed by atoms with Crippen molar-refractivity contribution in [2.45, 2.75) is 25.9 Å². The van der Waals surface area contributed by atoms with Gasteiger partial charge in [0.25, 0.3) is 5.91 Å². The van der Waals surface area contributed by atoms with E-state index in [1.54, 1.807) is 7.11 Å². The number of benzene rings is 3. The maximum absolute atomic E-state index is 13.3. The first-order valence-corrected chi connectivity index (χ1v) is 9.96. The number of amides is 1. The fourth-order valence-electron chi connectivity index (χ4n) is 3.33. The minimum Gasteiger partial charge on any atom is -0.495 e. The lowest BCUT2D eigenvalue weighted by Gasteiger charge is -2.21. The summed E-state index contributed by atoms with van der Waals surface area (Å²) in [5.74, 6) is 0.535. The number of carbonyl (C=O) groups excluding carboxylic acids is 1. The monoisotopic (exact) mass is 409 g/mol. The Morgan fingerprint density at radius 1 is 1.00 bits per heavy atom. The largest absolute Gasteiger partial charge is 0.495 e. The Balaban J connectivity index is 1.88. The van der Waals surface area contributed by atoms with Gasteiger partial charge in [-0.25, -0.2) is 0 Å². The molecule has 150 valence electrons. The van der Waals surface area contributed by atoms with Crippen LogP contribution in [0.3, 0.4) is 0 Å². The number of aryl methyl sites for hydroxylation is 1. The van der Waals surface area contributed by atoms with E-state index in [4.69, 9.17) is 16.3 Å². The van der Waals surface area contributed by atoms with E-state index in [2.05, 4.69) is 17.6 Å². The van der Waals surface area contributed by atoms with Crippen LogP contribution in [0.1, 0.15) is 35.7 Å². The van der Waals surface area contributed by atoms with Crippen molar-refractivity contribution in [2.24, 2.45) is 0 Å². The molecule has 0 bridgehead atoms. The molecule has 3 rings (SSSR count). The summed E-state index contributed by atoms with van der Waals surface area (Å²) in [4.78, 5) is 13.3. The molecule has 0 aliphatic heterocycles. The van der Waals surface area contributed by atoms with Crippen LogP contribution >= 0.6 is 11.6 Å². The summed E-state index contributed by atoms with van der Waals surface area (Å²) in [5, 5.41) is 5.79. The van der Waals surface area contributed by atoms with Gasteiger partial charge in [-0.2, -0.15) is 0 Å². The highest BCUT2D eigenvalue weighted by Gasteiger charge is 2.27. The van der Waals surface area contributed by atoms with Gasteiger partial charge in [-0.1, -0.05) is 60.1 Å². The molecule has 0 radical (unpaired) electrons. The summed E-state index contributed by atoms with van der Waals surface area (Å²) < 4.78 is 5.41. The Morgan fingerprint density at radius 2 is 1.72 bits per heavy atom. The predicted molar refractivity (Wildman–Crippen MR) is 117 cm³/mol. The zero-order valence-corrected chi connectivity index (χ0v) is 17.6. The molecule has 0 heterocycles. The van der Waals surface area contributed by atoms with Crippen molar-refractivity contribution in [1.82, 2.24) is 0 Å². The lowest BCUT2D eigenvalue weighted by Crippen LogP contribution is -2.87. The molecule has 3 N–H and O–H groups in total. The number of hydrogen-bond donors (Lipinski definition) is 2. The Bertz CT molecular complexity index is 976. The highest BCUT2D eigenvalue weighted by Crippen LogP contribution is 2.26. The van der Waals surface area contributed by atoms with Gasteiger partial charge in [0.1, 0.15) is 11.8 Å². The van der Waals surface area contributed by atoms with Crippen LogP contribution in [0, 0.1) is 6.92 Å². The van der Waals surface area contributed by atoms with Gasteiger partial charge in [0.05, 0.1) is 12.8 Å². The number of rotatable bonds is 7. The summed E-state index contributed by atoms with van der Waals surface area (Å²) in [5.41, 5.74) is 3.72. The topological polar surface area (TPSA) is 54.9 Å². The van der Waals surface area contributed by atoms with Crippen LogP contribution in [0.15, 0.2) is 72.8 Å². The van der Waals surface area contributed by atoms with Crippen LogP contribution < -0.4 is 15.4 Å². The lowest BCUT2D eigenvalue weighted by atomic mass is 10.0. The minimum atomic E-state index is -0.421. The molecule has 0 unspecified atom stereocenters. The number of carbonyl (C=O) groups is 1. The smallest absolute Gasteiger partial charge is 0.287 e.